The standard InChI is InChI=1S/C14H26N2O4/c1-3-4-5-18-6-7-19-11-14(17)10-15-9-13-8-12(2)20-16-13/h8,14-15,17H,3-7,9-11H2,1-2H3. The summed E-state index contributed by atoms with van der Waals surface area (Å²) >= 11 is 0. The highest BCUT2D eigenvalue weighted by atomic mass is 16.5. The number of aliphatic hydroxyl groups is 1. The van der Waals surface area contributed by atoms with Crippen LogP contribution in [0.3, 0.4) is 0 Å². The van der Waals surface area contributed by atoms with Crippen LogP contribution >= 0.6 is 0 Å². The Kier molecular flexibility index (Phi) is 9.23. The average Bonchev–Trinajstić information content (AvgIpc) is 2.83. The minimum absolute atomic E-state index is 0.308. The predicted octanol–water partition coefficient (Wildman–Crippen LogP) is 1.27. The molecule has 0 bridgehead atoms. The van der Waals surface area contributed by atoms with Gasteiger partial charge in [-0.25, -0.2) is 0 Å². The molecule has 1 unspecified atom stereocenters. The lowest BCUT2D eigenvalue weighted by atomic mass is 10.3. The molecule has 0 amide bonds. The number of nitrogens with one attached hydrogen (secondary N) is 1. The normalized spacial score (nSPS) is 12.8. The maximum atomic E-state index is 9.70. The van der Waals surface area contributed by atoms with Crippen LogP contribution in [0.15, 0.2) is 10.6 Å². The third-order valence-electron chi connectivity index (χ3n) is 2.69. The van der Waals surface area contributed by atoms with Crippen molar-refractivity contribution in [2.24, 2.45) is 0 Å². The van der Waals surface area contributed by atoms with Crippen molar-refractivity contribution < 1.29 is 19.1 Å². The maximum absolute atomic E-state index is 9.70. The molecule has 1 heterocycles. The second-order valence-electron chi connectivity index (χ2n) is 4.75. The van der Waals surface area contributed by atoms with E-state index in [1.165, 1.54) is 0 Å². The Hall–Kier alpha value is -0.950. The highest BCUT2D eigenvalue weighted by Gasteiger charge is 2.05. The summed E-state index contributed by atoms with van der Waals surface area (Å²) in [6.07, 6.45) is 1.68. The third kappa shape index (κ3) is 8.27. The Morgan fingerprint density at radius 3 is 2.85 bits per heavy atom. The average molecular weight is 286 g/mol. The summed E-state index contributed by atoms with van der Waals surface area (Å²) in [6, 6.07) is 1.86. The fraction of sp³-hybridized carbons (Fsp3) is 0.786. The quantitative estimate of drug-likeness (QED) is 0.563. The van der Waals surface area contributed by atoms with E-state index in [9.17, 15) is 5.11 Å². The number of rotatable bonds is 12. The third-order valence-corrected chi connectivity index (χ3v) is 2.69. The Balaban J connectivity index is 1.91. The first-order valence-corrected chi connectivity index (χ1v) is 7.18. The van der Waals surface area contributed by atoms with Crippen LogP contribution in [0.4, 0.5) is 0 Å². The topological polar surface area (TPSA) is 76.8 Å². The van der Waals surface area contributed by atoms with Crippen LogP contribution in [0.5, 0.6) is 0 Å². The lowest BCUT2D eigenvalue weighted by molar-refractivity contribution is 0.00382. The lowest BCUT2D eigenvalue weighted by Gasteiger charge is -2.11. The molecule has 0 aliphatic rings. The van der Waals surface area contributed by atoms with Gasteiger partial charge in [-0.1, -0.05) is 18.5 Å². The number of aromatic nitrogens is 1. The van der Waals surface area contributed by atoms with Gasteiger partial charge in [0.1, 0.15) is 5.76 Å². The van der Waals surface area contributed by atoms with Crippen molar-refractivity contribution in [1.82, 2.24) is 10.5 Å². The molecule has 6 heteroatoms. The van der Waals surface area contributed by atoms with Gasteiger partial charge in [0, 0.05) is 25.8 Å². The van der Waals surface area contributed by atoms with Crippen molar-refractivity contribution in [3.8, 4) is 0 Å². The van der Waals surface area contributed by atoms with Crippen LogP contribution in [0, 0.1) is 6.92 Å². The molecule has 0 fully saturated rings. The molecule has 0 saturated heterocycles. The van der Waals surface area contributed by atoms with Crippen molar-refractivity contribution in [3.05, 3.63) is 17.5 Å². The van der Waals surface area contributed by atoms with Crippen LogP contribution in [0.25, 0.3) is 0 Å². The molecule has 0 spiro atoms. The summed E-state index contributed by atoms with van der Waals surface area (Å²) in [5, 5.41) is 16.7. The van der Waals surface area contributed by atoms with E-state index < -0.39 is 6.10 Å². The Labute approximate surface area is 120 Å². The van der Waals surface area contributed by atoms with E-state index in [2.05, 4.69) is 17.4 Å². The summed E-state index contributed by atoms with van der Waals surface area (Å²) in [5.41, 5.74) is 0.833. The minimum Gasteiger partial charge on any atom is -0.389 e. The highest BCUT2D eigenvalue weighted by molar-refractivity contribution is 5.02. The molecule has 1 rings (SSSR count). The zero-order chi connectivity index (χ0) is 14.6. The largest absolute Gasteiger partial charge is 0.389 e. The summed E-state index contributed by atoms with van der Waals surface area (Å²) in [4.78, 5) is 0. The summed E-state index contributed by atoms with van der Waals surface area (Å²) < 4.78 is 15.6. The Bertz CT molecular complexity index is 344. The fourth-order valence-electron chi connectivity index (χ4n) is 1.61. The van der Waals surface area contributed by atoms with Gasteiger partial charge in [0.05, 0.1) is 31.6 Å². The first kappa shape index (κ1) is 17.1. The van der Waals surface area contributed by atoms with Crippen molar-refractivity contribution in [3.63, 3.8) is 0 Å². The molecular formula is C14H26N2O4. The SMILES string of the molecule is CCCCOCCOCC(O)CNCc1cc(C)on1. The van der Waals surface area contributed by atoms with E-state index in [0.29, 0.717) is 32.9 Å². The van der Waals surface area contributed by atoms with Crippen LogP contribution < -0.4 is 5.32 Å². The molecule has 0 aliphatic carbocycles. The lowest BCUT2D eigenvalue weighted by Crippen LogP contribution is -2.30. The molecule has 0 radical (unpaired) electrons. The van der Waals surface area contributed by atoms with Gasteiger partial charge in [0.15, 0.2) is 0 Å². The molecule has 1 atom stereocenters. The van der Waals surface area contributed by atoms with E-state index in [4.69, 9.17) is 14.0 Å². The number of aryl methyl sites for hydroxylation is 1. The van der Waals surface area contributed by atoms with Gasteiger partial charge in [-0.05, 0) is 13.3 Å². The van der Waals surface area contributed by atoms with Crippen LogP contribution in [-0.4, -0.2) is 49.3 Å². The molecule has 0 saturated carbocycles. The molecule has 2 N–H and O–H groups in total. The van der Waals surface area contributed by atoms with E-state index in [1.54, 1.807) is 0 Å². The van der Waals surface area contributed by atoms with Crippen molar-refractivity contribution in [1.29, 1.82) is 0 Å². The van der Waals surface area contributed by atoms with Gasteiger partial charge in [0.25, 0.3) is 0 Å². The maximum Gasteiger partial charge on any atom is 0.133 e. The first-order chi connectivity index (χ1) is 9.72. The number of aliphatic hydroxyl groups excluding tert-OH is 1. The van der Waals surface area contributed by atoms with Crippen molar-refractivity contribution in [2.75, 3.05) is 33.0 Å². The Morgan fingerprint density at radius 1 is 1.35 bits per heavy atom. The van der Waals surface area contributed by atoms with E-state index >= 15 is 0 Å². The molecule has 20 heavy (non-hydrogen) atoms. The van der Waals surface area contributed by atoms with E-state index in [-0.39, 0.29) is 0 Å². The van der Waals surface area contributed by atoms with Gasteiger partial charge in [-0.3, -0.25) is 0 Å². The Morgan fingerprint density at radius 2 is 2.15 bits per heavy atom. The molecule has 6 nitrogen and oxygen atoms in total. The van der Waals surface area contributed by atoms with Crippen LogP contribution in [0.2, 0.25) is 0 Å². The van der Waals surface area contributed by atoms with Crippen LogP contribution in [0.1, 0.15) is 31.2 Å². The molecule has 1 aromatic heterocycles. The zero-order valence-electron chi connectivity index (χ0n) is 12.4. The van der Waals surface area contributed by atoms with Crippen molar-refractivity contribution in [2.45, 2.75) is 39.3 Å². The van der Waals surface area contributed by atoms with Crippen LogP contribution in [-0.2, 0) is 16.0 Å². The van der Waals surface area contributed by atoms with E-state index in [0.717, 1.165) is 30.9 Å². The molecule has 1 aromatic rings. The molecule has 116 valence electrons. The minimum atomic E-state index is -0.529. The predicted molar refractivity (Wildman–Crippen MR) is 75.5 cm³/mol. The smallest absolute Gasteiger partial charge is 0.133 e. The van der Waals surface area contributed by atoms with Gasteiger partial charge in [0.2, 0.25) is 0 Å². The number of hydrogen-bond acceptors (Lipinski definition) is 6. The summed E-state index contributed by atoms with van der Waals surface area (Å²) in [6.45, 7) is 7.20. The fourth-order valence-corrected chi connectivity index (χ4v) is 1.61. The molecule has 0 aromatic carbocycles. The number of ether oxygens (including phenoxy) is 2. The van der Waals surface area contributed by atoms with Gasteiger partial charge in [-0.15, -0.1) is 0 Å². The van der Waals surface area contributed by atoms with Gasteiger partial charge in [-0.2, -0.15) is 0 Å². The highest BCUT2D eigenvalue weighted by Crippen LogP contribution is 2.00. The van der Waals surface area contributed by atoms with E-state index in [1.807, 2.05) is 13.0 Å². The number of nitrogens with zero attached hydrogens (tertiary/aromatic N) is 1. The second-order valence-corrected chi connectivity index (χ2v) is 4.75. The second kappa shape index (κ2) is 10.8. The summed E-state index contributed by atoms with van der Waals surface area (Å²) in [5.74, 6) is 0.786. The first-order valence-electron chi connectivity index (χ1n) is 7.18. The molecular weight excluding hydrogens is 260 g/mol. The monoisotopic (exact) mass is 286 g/mol. The van der Waals surface area contributed by atoms with Gasteiger partial charge >= 0.3 is 0 Å². The zero-order valence-corrected chi connectivity index (χ0v) is 12.4. The summed E-state index contributed by atoms with van der Waals surface area (Å²) in [7, 11) is 0. The van der Waals surface area contributed by atoms with Crippen molar-refractivity contribution >= 4 is 0 Å². The van der Waals surface area contributed by atoms with Gasteiger partial charge < -0.3 is 24.4 Å². The number of hydrogen-bond donors (Lipinski definition) is 2. The number of unbranched alkanes of at least 4 members (excludes halogenated alkanes) is 1. The molecule has 0 aliphatic heterocycles.